The minimum atomic E-state index is 0. The molecule has 0 bridgehead atoms. The number of H-pyrrole nitrogens is 1. The fourth-order valence-corrected chi connectivity index (χ4v) is 2.01. The monoisotopic (exact) mass is 260 g/mol. The molecule has 0 saturated heterocycles. The van der Waals surface area contributed by atoms with Crippen LogP contribution in [0.4, 0.5) is 0 Å². The third-order valence-electron chi connectivity index (χ3n) is 2.74. The summed E-state index contributed by atoms with van der Waals surface area (Å²) < 4.78 is 2.54. The van der Waals surface area contributed by atoms with E-state index < -0.39 is 0 Å². The Balaban J connectivity index is 0.00000120. The number of aryl methyl sites for hydroxylation is 1. The van der Waals surface area contributed by atoms with Crippen molar-refractivity contribution in [2.24, 2.45) is 7.05 Å². The van der Waals surface area contributed by atoms with Gasteiger partial charge in [0.15, 0.2) is 10.4 Å². The fourth-order valence-electron chi connectivity index (χ4n) is 1.81. The zero-order valence-corrected chi connectivity index (χ0v) is 10.5. The van der Waals surface area contributed by atoms with Gasteiger partial charge in [-0.15, -0.1) is 0 Å². The lowest BCUT2D eigenvalue weighted by Crippen LogP contribution is -1.89. The second-order valence-corrected chi connectivity index (χ2v) is 4.21. The van der Waals surface area contributed by atoms with Gasteiger partial charge in [-0.1, -0.05) is 0 Å². The highest BCUT2D eigenvalue weighted by Gasteiger charge is 2.04. The fraction of sp³-hybridized carbons (Fsp3) is 0.0833. The van der Waals surface area contributed by atoms with Crippen LogP contribution >= 0.6 is 12.2 Å². The number of nitrogens with one attached hydrogen (secondary N) is 1. The lowest BCUT2D eigenvalue weighted by Gasteiger charge is -2.00. The van der Waals surface area contributed by atoms with Gasteiger partial charge in [-0.25, -0.2) is 4.98 Å². The Morgan fingerprint density at radius 1 is 1.22 bits per heavy atom. The van der Waals surface area contributed by atoms with Gasteiger partial charge < -0.3 is 15.0 Å². The first-order valence-electron chi connectivity index (χ1n) is 5.21. The van der Waals surface area contributed by atoms with Crippen molar-refractivity contribution >= 4 is 23.4 Å². The largest absolute Gasteiger partial charge is 0.412 e. The van der Waals surface area contributed by atoms with E-state index in [0.717, 1.165) is 22.3 Å². The lowest BCUT2D eigenvalue weighted by molar-refractivity contribution is 0.824. The van der Waals surface area contributed by atoms with Crippen LogP contribution in [0.25, 0.3) is 22.3 Å². The summed E-state index contributed by atoms with van der Waals surface area (Å²) in [6, 6.07) is 5.97. The highest BCUT2D eigenvalue weighted by molar-refractivity contribution is 7.71. The molecule has 3 aromatic heterocycles. The maximum Gasteiger partial charge on any atom is 0.179 e. The third-order valence-corrected chi connectivity index (χ3v) is 3.12. The Morgan fingerprint density at radius 2 is 1.94 bits per heavy atom. The number of aromatic amines is 1. The smallest absolute Gasteiger partial charge is 0.179 e. The number of hydrogen-bond acceptors (Lipinski definition) is 3. The number of pyridine rings is 2. The van der Waals surface area contributed by atoms with E-state index in [4.69, 9.17) is 12.2 Å². The normalized spacial score (nSPS) is 10.3. The Labute approximate surface area is 108 Å². The third kappa shape index (κ3) is 1.92. The molecule has 18 heavy (non-hydrogen) atoms. The van der Waals surface area contributed by atoms with E-state index in [1.165, 1.54) is 0 Å². The van der Waals surface area contributed by atoms with E-state index in [2.05, 4.69) is 15.0 Å². The van der Waals surface area contributed by atoms with Crippen LogP contribution in [-0.2, 0) is 7.05 Å². The average molecular weight is 260 g/mol. The topological polar surface area (TPSA) is 78.0 Å². The molecule has 0 aliphatic rings. The maximum atomic E-state index is 5.17. The average Bonchev–Trinajstić information content (AvgIpc) is 2.66. The molecule has 0 aliphatic carbocycles. The Bertz CT molecular complexity index is 733. The van der Waals surface area contributed by atoms with Gasteiger partial charge in [-0.2, -0.15) is 0 Å². The second kappa shape index (κ2) is 4.67. The number of imidazole rings is 1. The molecule has 0 amide bonds. The van der Waals surface area contributed by atoms with Gasteiger partial charge in [0, 0.05) is 31.2 Å². The van der Waals surface area contributed by atoms with Gasteiger partial charge >= 0.3 is 0 Å². The molecule has 0 atom stereocenters. The first kappa shape index (κ1) is 12.4. The van der Waals surface area contributed by atoms with E-state index in [-0.39, 0.29) is 5.48 Å². The summed E-state index contributed by atoms with van der Waals surface area (Å²) >= 11 is 5.17. The van der Waals surface area contributed by atoms with Gasteiger partial charge in [0.2, 0.25) is 0 Å². The molecule has 0 saturated carbocycles. The van der Waals surface area contributed by atoms with Crippen LogP contribution in [0.15, 0.2) is 36.8 Å². The van der Waals surface area contributed by atoms with E-state index in [1.807, 2.05) is 36.0 Å². The molecular weight excluding hydrogens is 248 g/mol. The minimum absolute atomic E-state index is 0. The number of hydrogen-bond donors (Lipinski definition) is 1. The van der Waals surface area contributed by atoms with Crippen LogP contribution in [-0.4, -0.2) is 25.0 Å². The minimum Gasteiger partial charge on any atom is -0.412 e. The van der Waals surface area contributed by atoms with E-state index in [0.29, 0.717) is 4.77 Å². The zero-order chi connectivity index (χ0) is 11.8. The number of aromatic nitrogens is 4. The summed E-state index contributed by atoms with van der Waals surface area (Å²) in [4.78, 5) is 11.6. The Morgan fingerprint density at radius 3 is 2.67 bits per heavy atom. The summed E-state index contributed by atoms with van der Waals surface area (Å²) in [6.45, 7) is 0. The molecule has 3 rings (SSSR count). The van der Waals surface area contributed by atoms with Crippen molar-refractivity contribution in [3.8, 4) is 11.1 Å². The van der Waals surface area contributed by atoms with Crippen molar-refractivity contribution in [3.63, 3.8) is 0 Å². The number of fused-ring (bicyclic) bond motifs is 1. The van der Waals surface area contributed by atoms with Crippen molar-refractivity contribution < 1.29 is 5.48 Å². The summed E-state index contributed by atoms with van der Waals surface area (Å²) in [5.41, 5.74) is 3.97. The molecule has 0 aliphatic heterocycles. The molecule has 0 spiro atoms. The molecular formula is C12H12N4OS. The Kier molecular flexibility index (Phi) is 3.22. The van der Waals surface area contributed by atoms with Gasteiger partial charge in [-0.05, 0) is 36.0 Å². The van der Waals surface area contributed by atoms with E-state index in [1.54, 1.807) is 12.4 Å². The number of nitrogens with zero attached hydrogens (tertiary/aromatic N) is 3. The second-order valence-electron chi connectivity index (χ2n) is 3.82. The Hall–Kier alpha value is -2.05. The van der Waals surface area contributed by atoms with Crippen molar-refractivity contribution in [1.29, 1.82) is 0 Å². The van der Waals surface area contributed by atoms with Crippen LogP contribution in [0.5, 0.6) is 0 Å². The summed E-state index contributed by atoms with van der Waals surface area (Å²) in [5, 5.41) is 0. The molecule has 0 aromatic carbocycles. The summed E-state index contributed by atoms with van der Waals surface area (Å²) in [5.74, 6) is 0. The van der Waals surface area contributed by atoms with Crippen LogP contribution in [0.2, 0.25) is 0 Å². The van der Waals surface area contributed by atoms with Gasteiger partial charge in [0.25, 0.3) is 0 Å². The van der Waals surface area contributed by atoms with Gasteiger partial charge in [-0.3, -0.25) is 4.98 Å². The summed E-state index contributed by atoms with van der Waals surface area (Å²) in [6.07, 6.45) is 5.39. The molecule has 0 unspecified atom stereocenters. The quantitative estimate of drug-likeness (QED) is 0.678. The molecule has 3 heterocycles. The molecule has 0 radical (unpaired) electrons. The molecule has 92 valence electrons. The number of rotatable bonds is 1. The van der Waals surface area contributed by atoms with Gasteiger partial charge in [0.1, 0.15) is 0 Å². The van der Waals surface area contributed by atoms with Crippen molar-refractivity contribution in [1.82, 2.24) is 19.5 Å². The van der Waals surface area contributed by atoms with E-state index in [9.17, 15) is 0 Å². The van der Waals surface area contributed by atoms with Crippen molar-refractivity contribution in [3.05, 3.63) is 41.6 Å². The van der Waals surface area contributed by atoms with Crippen LogP contribution in [0.1, 0.15) is 0 Å². The van der Waals surface area contributed by atoms with E-state index >= 15 is 0 Å². The highest BCUT2D eigenvalue weighted by Crippen LogP contribution is 2.21. The van der Waals surface area contributed by atoms with Crippen LogP contribution in [0.3, 0.4) is 0 Å². The molecule has 3 N–H and O–H groups in total. The van der Waals surface area contributed by atoms with Crippen molar-refractivity contribution in [2.45, 2.75) is 0 Å². The molecule has 6 heteroatoms. The predicted octanol–water partition coefficient (Wildman–Crippen LogP) is 1.87. The zero-order valence-electron chi connectivity index (χ0n) is 9.71. The van der Waals surface area contributed by atoms with Crippen molar-refractivity contribution in [2.75, 3.05) is 0 Å². The molecule has 3 aromatic rings. The van der Waals surface area contributed by atoms with Gasteiger partial charge in [0.05, 0.1) is 5.52 Å². The lowest BCUT2D eigenvalue weighted by atomic mass is 10.1. The molecule has 5 nitrogen and oxygen atoms in total. The first-order valence-corrected chi connectivity index (χ1v) is 5.62. The summed E-state index contributed by atoms with van der Waals surface area (Å²) in [7, 11) is 1.90. The standard InChI is InChI=1S/C12H10N4S.H2O/c1-16-11-10(15-12(16)17)6-9(7-14-11)8-2-4-13-5-3-8;/h2-7H,1H3,(H,15,17);1H2. The predicted molar refractivity (Wildman–Crippen MR) is 72.7 cm³/mol. The SMILES string of the molecule is Cn1c(=S)[nH]c2cc(-c3ccncc3)cnc21.O. The maximum absolute atomic E-state index is 5.17. The molecule has 0 fully saturated rings. The first-order chi connectivity index (χ1) is 8.25. The van der Waals surface area contributed by atoms with Crippen LogP contribution < -0.4 is 0 Å². The highest BCUT2D eigenvalue weighted by atomic mass is 32.1. The van der Waals surface area contributed by atoms with Crippen LogP contribution in [0, 0.1) is 4.77 Å².